The molecule has 138 valence electrons. The molecule has 0 unspecified atom stereocenters. The lowest BCUT2D eigenvalue weighted by Crippen LogP contribution is -2.34. The number of nitrogens with one attached hydrogen (secondary N) is 3. The van der Waals surface area contributed by atoms with E-state index in [0.29, 0.717) is 23.8 Å². The largest absolute Gasteiger partial charge is 0.351 e. The van der Waals surface area contributed by atoms with Crippen LogP contribution < -0.4 is 10.6 Å². The molecule has 0 aliphatic heterocycles. The standard InChI is InChI=1S/C20H19ClN4O2/c1-13-6-7-14(12-16(13)21)8-9-18(26)22-10-11-23-20(27)19-15-4-2-3-5-17(15)24-25-19/h2-9,12H,10-11H2,1H3,(H,22,26)(H,23,27)(H,24,25)/b9-8+. The number of para-hydroxylation sites is 1. The van der Waals surface area contributed by atoms with E-state index < -0.39 is 0 Å². The number of carbonyl (C=O) groups is 2. The monoisotopic (exact) mass is 382 g/mol. The summed E-state index contributed by atoms with van der Waals surface area (Å²) < 4.78 is 0. The minimum Gasteiger partial charge on any atom is -0.351 e. The normalized spacial score (nSPS) is 11.0. The number of amides is 2. The zero-order valence-electron chi connectivity index (χ0n) is 14.8. The van der Waals surface area contributed by atoms with Crippen molar-refractivity contribution in [2.24, 2.45) is 0 Å². The number of fused-ring (bicyclic) bond motifs is 1. The van der Waals surface area contributed by atoms with Crippen LogP contribution in [-0.2, 0) is 4.79 Å². The van der Waals surface area contributed by atoms with Crippen LogP contribution in [-0.4, -0.2) is 35.1 Å². The zero-order valence-corrected chi connectivity index (χ0v) is 15.5. The van der Waals surface area contributed by atoms with Crippen molar-refractivity contribution >= 4 is 40.4 Å². The van der Waals surface area contributed by atoms with Crippen molar-refractivity contribution in [3.8, 4) is 0 Å². The smallest absolute Gasteiger partial charge is 0.272 e. The molecule has 0 atom stereocenters. The van der Waals surface area contributed by atoms with Crippen LogP contribution in [0.25, 0.3) is 17.0 Å². The molecule has 0 saturated carbocycles. The van der Waals surface area contributed by atoms with Crippen molar-refractivity contribution in [2.75, 3.05) is 13.1 Å². The summed E-state index contributed by atoms with van der Waals surface area (Å²) in [6, 6.07) is 13.0. The Labute approximate surface area is 161 Å². The van der Waals surface area contributed by atoms with Gasteiger partial charge in [-0.1, -0.05) is 41.9 Å². The fourth-order valence-electron chi connectivity index (χ4n) is 2.53. The Morgan fingerprint density at radius 1 is 1.15 bits per heavy atom. The Morgan fingerprint density at radius 2 is 1.93 bits per heavy atom. The first-order chi connectivity index (χ1) is 13.0. The van der Waals surface area contributed by atoms with Gasteiger partial charge in [-0.3, -0.25) is 14.7 Å². The van der Waals surface area contributed by atoms with Crippen molar-refractivity contribution in [3.05, 3.63) is 70.4 Å². The number of carbonyl (C=O) groups excluding carboxylic acids is 2. The van der Waals surface area contributed by atoms with Crippen LogP contribution in [0.15, 0.2) is 48.5 Å². The number of halogens is 1. The third-order valence-corrected chi connectivity index (χ3v) is 4.43. The fourth-order valence-corrected chi connectivity index (χ4v) is 2.71. The molecule has 0 spiro atoms. The lowest BCUT2D eigenvalue weighted by molar-refractivity contribution is -0.116. The second kappa shape index (κ2) is 8.51. The molecule has 1 aromatic heterocycles. The molecule has 0 saturated heterocycles. The van der Waals surface area contributed by atoms with Gasteiger partial charge in [-0.05, 0) is 36.3 Å². The number of aryl methyl sites for hydroxylation is 1. The van der Waals surface area contributed by atoms with Gasteiger partial charge in [0.15, 0.2) is 5.69 Å². The predicted octanol–water partition coefficient (Wildman–Crippen LogP) is 3.08. The molecule has 7 heteroatoms. The van der Waals surface area contributed by atoms with Crippen molar-refractivity contribution in [1.82, 2.24) is 20.8 Å². The fraction of sp³-hybridized carbons (Fsp3) is 0.150. The Morgan fingerprint density at radius 3 is 2.74 bits per heavy atom. The zero-order chi connectivity index (χ0) is 19.2. The highest BCUT2D eigenvalue weighted by Crippen LogP contribution is 2.17. The van der Waals surface area contributed by atoms with Gasteiger partial charge in [-0.25, -0.2) is 0 Å². The van der Waals surface area contributed by atoms with Gasteiger partial charge in [0, 0.05) is 29.6 Å². The summed E-state index contributed by atoms with van der Waals surface area (Å²) in [6.07, 6.45) is 3.12. The Kier molecular flexibility index (Phi) is 5.88. The molecule has 2 aromatic carbocycles. The first-order valence-corrected chi connectivity index (χ1v) is 8.86. The van der Waals surface area contributed by atoms with E-state index in [4.69, 9.17) is 11.6 Å². The van der Waals surface area contributed by atoms with E-state index in [0.717, 1.165) is 22.0 Å². The topological polar surface area (TPSA) is 86.9 Å². The lowest BCUT2D eigenvalue weighted by atomic mass is 10.1. The number of hydrogen-bond acceptors (Lipinski definition) is 3. The highest BCUT2D eigenvalue weighted by molar-refractivity contribution is 6.31. The van der Waals surface area contributed by atoms with E-state index in [1.807, 2.05) is 43.3 Å². The van der Waals surface area contributed by atoms with Crippen molar-refractivity contribution in [2.45, 2.75) is 6.92 Å². The number of rotatable bonds is 6. The highest BCUT2D eigenvalue weighted by atomic mass is 35.5. The summed E-state index contributed by atoms with van der Waals surface area (Å²) in [5.74, 6) is -0.530. The van der Waals surface area contributed by atoms with E-state index in [1.54, 1.807) is 12.1 Å². The molecule has 0 fully saturated rings. The third-order valence-electron chi connectivity index (χ3n) is 4.02. The van der Waals surface area contributed by atoms with Gasteiger partial charge in [0.2, 0.25) is 5.91 Å². The quantitative estimate of drug-likeness (QED) is 0.452. The van der Waals surface area contributed by atoms with Crippen LogP contribution in [0.5, 0.6) is 0 Å². The molecular formula is C20H19ClN4O2. The number of nitrogens with zero attached hydrogens (tertiary/aromatic N) is 1. The second-order valence-corrected chi connectivity index (χ2v) is 6.41. The average Bonchev–Trinajstić information content (AvgIpc) is 3.10. The second-order valence-electron chi connectivity index (χ2n) is 6.01. The highest BCUT2D eigenvalue weighted by Gasteiger charge is 2.12. The number of H-pyrrole nitrogens is 1. The minimum absolute atomic E-state index is 0.244. The van der Waals surface area contributed by atoms with Crippen LogP contribution in [0.2, 0.25) is 5.02 Å². The van der Waals surface area contributed by atoms with Crippen molar-refractivity contribution in [3.63, 3.8) is 0 Å². The Bertz CT molecular complexity index is 1010. The molecule has 3 N–H and O–H groups in total. The van der Waals surface area contributed by atoms with E-state index >= 15 is 0 Å². The van der Waals surface area contributed by atoms with Gasteiger partial charge in [-0.2, -0.15) is 5.10 Å². The van der Waals surface area contributed by atoms with Crippen LogP contribution in [0.3, 0.4) is 0 Å². The van der Waals surface area contributed by atoms with E-state index in [2.05, 4.69) is 20.8 Å². The average molecular weight is 383 g/mol. The Hall–Kier alpha value is -3.12. The Balaban J connectivity index is 1.45. The van der Waals surface area contributed by atoms with Crippen molar-refractivity contribution in [1.29, 1.82) is 0 Å². The predicted molar refractivity (Wildman–Crippen MR) is 107 cm³/mol. The third kappa shape index (κ3) is 4.74. The maximum Gasteiger partial charge on any atom is 0.272 e. The molecule has 0 aliphatic rings. The van der Waals surface area contributed by atoms with Crippen LogP contribution in [0.4, 0.5) is 0 Å². The number of benzene rings is 2. The summed E-state index contributed by atoms with van der Waals surface area (Å²) >= 11 is 6.06. The summed E-state index contributed by atoms with van der Waals surface area (Å²) in [6.45, 7) is 2.53. The van der Waals surface area contributed by atoms with Gasteiger partial charge in [0.1, 0.15) is 0 Å². The summed E-state index contributed by atoms with van der Waals surface area (Å²) in [7, 11) is 0. The molecule has 6 nitrogen and oxygen atoms in total. The molecule has 0 aliphatic carbocycles. The molecular weight excluding hydrogens is 364 g/mol. The number of hydrogen-bond donors (Lipinski definition) is 3. The summed E-state index contributed by atoms with van der Waals surface area (Å²) in [5, 5.41) is 13.7. The summed E-state index contributed by atoms with van der Waals surface area (Å²) in [5.41, 5.74) is 2.98. The van der Waals surface area contributed by atoms with E-state index in [-0.39, 0.29) is 11.8 Å². The van der Waals surface area contributed by atoms with Crippen LogP contribution >= 0.6 is 11.6 Å². The van der Waals surface area contributed by atoms with Gasteiger partial charge in [0.25, 0.3) is 5.91 Å². The minimum atomic E-state index is -0.286. The number of aromatic nitrogens is 2. The van der Waals surface area contributed by atoms with Crippen LogP contribution in [0.1, 0.15) is 21.6 Å². The van der Waals surface area contributed by atoms with Gasteiger partial charge in [-0.15, -0.1) is 0 Å². The summed E-state index contributed by atoms with van der Waals surface area (Å²) in [4.78, 5) is 24.1. The van der Waals surface area contributed by atoms with E-state index in [1.165, 1.54) is 6.08 Å². The maximum atomic E-state index is 12.2. The molecule has 1 heterocycles. The first-order valence-electron chi connectivity index (χ1n) is 8.48. The molecule has 3 rings (SSSR count). The van der Waals surface area contributed by atoms with E-state index in [9.17, 15) is 9.59 Å². The first kappa shape index (κ1) is 18.7. The van der Waals surface area contributed by atoms with Gasteiger partial charge < -0.3 is 10.6 Å². The molecule has 2 amide bonds. The molecule has 27 heavy (non-hydrogen) atoms. The van der Waals surface area contributed by atoms with Gasteiger partial charge >= 0.3 is 0 Å². The lowest BCUT2D eigenvalue weighted by Gasteiger charge is -2.04. The molecule has 0 bridgehead atoms. The molecule has 0 radical (unpaired) electrons. The van der Waals surface area contributed by atoms with Gasteiger partial charge in [0.05, 0.1) is 5.52 Å². The SMILES string of the molecule is Cc1ccc(/C=C/C(=O)NCCNC(=O)c2n[nH]c3ccccc23)cc1Cl. The molecule has 3 aromatic rings. The number of aromatic amines is 1. The van der Waals surface area contributed by atoms with Crippen LogP contribution in [0, 0.1) is 6.92 Å². The van der Waals surface area contributed by atoms with Crippen molar-refractivity contribution < 1.29 is 9.59 Å². The maximum absolute atomic E-state index is 12.2.